The molecule has 1 amide bonds. The maximum atomic E-state index is 12.1. The number of carboxylic acids is 1. The molecule has 0 bridgehead atoms. The van der Waals surface area contributed by atoms with Crippen molar-refractivity contribution >= 4 is 39.1 Å². The van der Waals surface area contributed by atoms with E-state index in [0.29, 0.717) is 32.6 Å². The van der Waals surface area contributed by atoms with E-state index in [0.717, 1.165) is 16.6 Å². The third-order valence-corrected chi connectivity index (χ3v) is 5.21. The molecule has 0 atom stereocenters. The van der Waals surface area contributed by atoms with Crippen molar-refractivity contribution in [2.24, 2.45) is 0 Å². The second kappa shape index (κ2) is 7.91. The Kier molecular flexibility index (Phi) is 6.20. The third-order valence-electron chi connectivity index (χ3n) is 3.53. The van der Waals surface area contributed by atoms with Crippen LogP contribution in [0.25, 0.3) is 0 Å². The molecule has 2 rings (SSSR count). The number of hydrogen-bond acceptors (Lipinski definition) is 4. The topological polar surface area (TPSA) is 60.9 Å². The Hall–Kier alpha value is -0.920. The van der Waals surface area contributed by atoms with Crippen LogP contribution in [0.4, 0.5) is 0 Å². The number of aliphatic carboxylic acids is 1. The van der Waals surface area contributed by atoms with E-state index in [-0.39, 0.29) is 12.5 Å². The number of nitrogens with zero attached hydrogens (tertiary/aromatic N) is 2. The van der Waals surface area contributed by atoms with Gasteiger partial charge in [0.1, 0.15) is 0 Å². The summed E-state index contributed by atoms with van der Waals surface area (Å²) in [6.07, 6.45) is 2.36. The molecule has 1 aromatic rings. The highest BCUT2D eigenvalue weighted by Crippen LogP contribution is 2.23. The van der Waals surface area contributed by atoms with Crippen LogP contribution >= 0.6 is 27.3 Å². The van der Waals surface area contributed by atoms with Crippen LogP contribution < -0.4 is 0 Å². The molecule has 1 N–H and O–H groups in total. The van der Waals surface area contributed by atoms with Gasteiger partial charge < -0.3 is 10.0 Å². The van der Waals surface area contributed by atoms with Gasteiger partial charge in [0, 0.05) is 37.5 Å². The van der Waals surface area contributed by atoms with Gasteiger partial charge in [0.2, 0.25) is 5.91 Å². The van der Waals surface area contributed by atoms with Crippen molar-refractivity contribution in [3.63, 3.8) is 0 Å². The predicted octanol–water partition coefficient (Wildman–Crippen LogP) is 2.06. The number of aryl methyl sites for hydroxylation is 1. The Morgan fingerprint density at radius 2 is 1.95 bits per heavy atom. The molecule has 1 saturated heterocycles. The average Bonchev–Trinajstić information content (AvgIpc) is 2.84. The quantitative estimate of drug-likeness (QED) is 0.827. The molecule has 0 radical (unpaired) electrons. The lowest BCUT2D eigenvalue weighted by Crippen LogP contribution is -2.49. The van der Waals surface area contributed by atoms with Crippen molar-refractivity contribution in [3.05, 3.63) is 20.8 Å². The van der Waals surface area contributed by atoms with Crippen LogP contribution in [0, 0.1) is 0 Å². The zero-order chi connectivity index (χ0) is 15.2. The molecule has 1 fully saturated rings. The zero-order valence-electron chi connectivity index (χ0n) is 11.8. The van der Waals surface area contributed by atoms with E-state index in [1.54, 1.807) is 11.3 Å². The fourth-order valence-corrected chi connectivity index (χ4v) is 3.93. The lowest BCUT2D eigenvalue weighted by atomic mass is 10.2. The predicted molar refractivity (Wildman–Crippen MR) is 85.6 cm³/mol. The van der Waals surface area contributed by atoms with Crippen LogP contribution in [0.5, 0.6) is 0 Å². The maximum absolute atomic E-state index is 12.1. The number of amides is 1. The Bertz CT molecular complexity index is 498. The van der Waals surface area contributed by atoms with E-state index in [1.165, 1.54) is 4.88 Å². The molecule has 2 heterocycles. The minimum absolute atomic E-state index is 0.0648. The highest BCUT2D eigenvalue weighted by molar-refractivity contribution is 9.11. The smallest absolute Gasteiger partial charge is 0.317 e. The number of carbonyl (C=O) groups excluding carboxylic acids is 1. The Balaban J connectivity index is 1.66. The van der Waals surface area contributed by atoms with Gasteiger partial charge in [0.15, 0.2) is 0 Å². The molecule has 21 heavy (non-hydrogen) atoms. The summed E-state index contributed by atoms with van der Waals surface area (Å²) in [6.45, 7) is 2.63. The summed E-state index contributed by atoms with van der Waals surface area (Å²) in [6, 6.07) is 4.12. The minimum atomic E-state index is -0.808. The summed E-state index contributed by atoms with van der Waals surface area (Å²) >= 11 is 5.15. The molecule has 5 nitrogen and oxygen atoms in total. The van der Waals surface area contributed by atoms with Gasteiger partial charge in [0.25, 0.3) is 0 Å². The lowest BCUT2D eigenvalue weighted by Gasteiger charge is -2.33. The number of halogens is 1. The molecule has 7 heteroatoms. The van der Waals surface area contributed by atoms with Crippen LogP contribution in [-0.2, 0) is 16.0 Å². The third kappa shape index (κ3) is 5.41. The molecule has 0 aliphatic carbocycles. The van der Waals surface area contributed by atoms with Crippen molar-refractivity contribution in [2.45, 2.75) is 19.3 Å². The zero-order valence-corrected chi connectivity index (χ0v) is 14.2. The van der Waals surface area contributed by atoms with E-state index in [1.807, 2.05) is 15.9 Å². The number of hydrogen-bond donors (Lipinski definition) is 1. The highest BCUT2D eigenvalue weighted by atomic mass is 79.9. The second-order valence-electron chi connectivity index (χ2n) is 5.11. The van der Waals surface area contributed by atoms with Crippen molar-refractivity contribution in [1.29, 1.82) is 0 Å². The summed E-state index contributed by atoms with van der Waals surface area (Å²) < 4.78 is 1.12. The number of rotatable bonds is 6. The van der Waals surface area contributed by atoms with E-state index < -0.39 is 5.97 Å². The number of piperazine rings is 1. The van der Waals surface area contributed by atoms with Crippen LogP contribution in [0.1, 0.15) is 17.7 Å². The summed E-state index contributed by atoms with van der Waals surface area (Å²) in [5, 5.41) is 8.74. The lowest BCUT2D eigenvalue weighted by molar-refractivity contribution is -0.139. The molecule has 1 aromatic heterocycles. The van der Waals surface area contributed by atoms with E-state index in [9.17, 15) is 9.59 Å². The average molecular weight is 375 g/mol. The van der Waals surface area contributed by atoms with E-state index in [2.05, 4.69) is 22.0 Å². The van der Waals surface area contributed by atoms with Gasteiger partial charge in [-0.2, -0.15) is 0 Å². The van der Waals surface area contributed by atoms with Gasteiger partial charge in [-0.15, -0.1) is 11.3 Å². The molecule has 116 valence electrons. The highest BCUT2D eigenvalue weighted by Gasteiger charge is 2.21. The van der Waals surface area contributed by atoms with Crippen molar-refractivity contribution < 1.29 is 14.7 Å². The summed E-state index contributed by atoms with van der Waals surface area (Å²) in [4.78, 5) is 27.8. The molecule has 1 aliphatic rings. The van der Waals surface area contributed by atoms with Gasteiger partial charge in [-0.3, -0.25) is 14.5 Å². The first-order chi connectivity index (χ1) is 10.0. The van der Waals surface area contributed by atoms with E-state index >= 15 is 0 Å². The van der Waals surface area contributed by atoms with Crippen molar-refractivity contribution in [1.82, 2.24) is 9.80 Å². The number of carboxylic acid groups (broad SMARTS) is 1. The largest absolute Gasteiger partial charge is 0.480 e. The van der Waals surface area contributed by atoms with Crippen LogP contribution in [0.2, 0.25) is 0 Å². The van der Waals surface area contributed by atoms with Gasteiger partial charge in [-0.05, 0) is 40.9 Å². The first kappa shape index (κ1) is 16.5. The maximum Gasteiger partial charge on any atom is 0.317 e. The van der Waals surface area contributed by atoms with Crippen molar-refractivity contribution in [3.8, 4) is 0 Å². The van der Waals surface area contributed by atoms with Gasteiger partial charge in [0.05, 0.1) is 10.3 Å². The van der Waals surface area contributed by atoms with Gasteiger partial charge in [-0.1, -0.05) is 0 Å². The first-order valence-corrected chi connectivity index (χ1v) is 8.61. The minimum Gasteiger partial charge on any atom is -0.480 e. The van der Waals surface area contributed by atoms with Crippen molar-refractivity contribution in [2.75, 3.05) is 32.7 Å². The monoisotopic (exact) mass is 374 g/mol. The van der Waals surface area contributed by atoms with Crippen LogP contribution in [0.3, 0.4) is 0 Å². The fraction of sp³-hybridized carbons (Fsp3) is 0.571. The fourth-order valence-electron chi connectivity index (χ4n) is 2.40. The molecule has 0 spiro atoms. The molecule has 0 unspecified atom stereocenters. The Labute approximate surface area is 136 Å². The standard InChI is InChI=1S/C14H19BrN2O3S/c15-12-5-4-11(21-12)2-1-3-13(18)17-8-6-16(7-9-17)10-14(19)20/h4-5H,1-3,6-10H2,(H,19,20). The molecular weight excluding hydrogens is 356 g/mol. The Morgan fingerprint density at radius 3 is 2.52 bits per heavy atom. The normalized spacial score (nSPS) is 16.1. The number of carbonyl (C=O) groups is 2. The second-order valence-corrected chi connectivity index (χ2v) is 7.66. The summed E-state index contributed by atoms with van der Waals surface area (Å²) in [7, 11) is 0. The first-order valence-electron chi connectivity index (χ1n) is 7.01. The molecule has 0 saturated carbocycles. The Morgan fingerprint density at radius 1 is 1.24 bits per heavy atom. The summed E-state index contributed by atoms with van der Waals surface area (Å²) in [5.74, 6) is -0.627. The van der Waals surface area contributed by atoms with Crippen LogP contribution in [-0.4, -0.2) is 59.5 Å². The van der Waals surface area contributed by atoms with Crippen LogP contribution in [0.15, 0.2) is 15.9 Å². The summed E-state index contributed by atoms with van der Waals surface area (Å²) in [5.41, 5.74) is 0. The van der Waals surface area contributed by atoms with Gasteiger partial charge >= 0.3 is 5.97 Å². The SMILES string of the molecule is O=C(O)CN1CCN(C(=O)CCCc2ccc(Br)s2)CC1. The molecular formula is C14H19BrN2O3S. The molecule has 0 aromatic carbocycles. The van der Waals surface area contributed by atoms with Gasteiger partial charge in [-0.25, -0.2) is 0 Å². The van der Waals surface area contributed by atoms with E-state index in [4.69, 9.17) is 5.11 Å². The number of thiophene rings is 1. The molecule has 1 aliphatic heterocycles.